The van der Waals surface area contributed by atoms with Gasteiger partial charge in [-0.3, -0.25) is 0 Å². The fourth-order valence-electron chi connectivity index (χ4n) is 0.361. The molecular weight excluding hydrogens is 295 g/mol. The van der Waals surface area contributed by atoms with Crippen LogP contribution in [-0.4, -0.2) is 23.9 Å². The second kappa shape index (κ2) is 4.03. The minimum absolute atomic E-state index is 0.0509. The van der Waals surface area contributed by atoms with Crippen LogP contribution in [0, 0.1) is 0 Å². The molecule has 72 valence electrons. The number of halogens is 6. The summed E-state index contributed by atoms with van der Waals surface area (Å²) in [5.41, 5.74) is 0. The average molecular weight is 296 g/mol. The van der Waals surface area contributed by atoms with E-state index in [9.17, 15) is 4.79 Å². The number of rotatable bonds is 0. The third kappa shape index (κ3) is 3.81. The normalized spacial score (nSPS) is 12.8. The Morgan fingerprint density at radius 1 is 1.00 bits per heavy atom. The van der Waals surface area contributed by atoms with Crippen LogP contribution >= 0.6 is 69.6 Å². The maximum atomic E-state index is 10.4. The number of amides is 1. The molecule has 12 heavy (non-hydrogen) atoms. The molecule has 0 aromatic carbocycles. The van der Waals surface area contributed by atoms with Crippen molar-refractivity contribution in [3.63, 3.8) is 0 Å². The Hall–Kier alpha value is 1.01. The fourth-order valence-corrected chi connectivity index (χ4v) is 1.94. The summed E-state index contributed by atoms with van der Waals surface area (Å²) in [5, 5.41) is 8.46. The van der Waals surface area contributed by atoms with Gasteiger partial charge in [0.1, 0.15) is 0 Å². The molecule has 0 aliphatic carbocycles. The van der Waals surface area contributed by atoms with Gasteiger partial charge in [-0.05, 0) is 0 Å². The Morgan fingerprint density at radius 2 is 1.25 bits per heavy atom. The Kier molecular flexibility index (Phi) is 4.37. The molecule has 0 aliphatic rings. The molecule has 0 aromatic rings. The van der Waals surface area contributed by atoms with Crippen molar-refractivity contribution in [1.29, 1.82) is 0 Å². The maximum Gasteiger partial charge on any atom is 0.414 e. The van der Waals surface area contributed by atoms with Crippen LogP contribution in [0.4, 0.5) is 4.79 Å². The van der Waals surface area contributed by atoms with E-state index in [1.165, 1.54) is 0 Å². The van der Waals surface area contributed by atoms with E-state index in [0.29, 0.717) is 0 Å². The summed E-state index contributed by atoms with van der Waals surface area (Å²) in [4.78, 5) is 10.5. The molecule has 0 bridgehead atoms. The predicted molar refractivity (Wildman–Crippen MR) is 50.4 cm³/mol. The number of hydrogen-bond donors (Lipinski definition) is 1. The Bertz CT molecular complexity index is 168. The summed E-state index contributed by atoms with van der Waals surface area (Å²) in [6.45, 7) is 0. The first kappa shape index (κ1) is 13.0. The zero-order valence-electron chi connectivity index (χ0n) is 5.07. The van der Waals surface area contributed by atoms with E-state index in [1.54, 1.807) is 0 Å². The van der Waals surface area contributed by atoms with Crippen LogP contribution in [-0.2, 0) is 0 Å². The molecule has 1 amide bonds. The SMILES string of the molecule is O=C(O)N(C(Cl)(Cl)Cl)C(Cl)(Cl)Cl. The van der Waals surface area contributed by atoms with Crippen LogP contribution in [0.15, 0.2) is 0 Å². The molecule has 0 radical (unpaired) electrons. The van der Waals surface area contributed by atoms with E-state index in [4.69, 9.17) is 74.7 Å². The van der Waals surface area contributed by atoms with Gasteiger partial charge >= 0.3 is 6.09 Å². The van der Waals surface area contributed by atoms with E-state index in [2.05, 4.69) is 0 Å². The molecule has 0 atom stereocenters. The summed E-state index contributed by atoms with van der Waals surface area (Å²) in [6, 6.07) is 0. The molecule has 0 spiro atoms. The Morgan fingerprint density at radius 3 is 1.25 bits per heavy atom. The topological polar surface area (TPSA) is 40.5 Å². The van der Waals surface area contributed by atoms with Crippen LogP contribution in [0.1, 0.15) is 0 Å². The molecule has 1 N–H and O–H groups in total. The third-order valence-electron chi connectivity index (χ3n) is 0.698. The van der Waals surface area contributed by atoms with Crippen LogP contribution in [0.25, 0.3) is 0 Å². The van der Waals surface area contributed by atoms with Crippen LogP contribution in [0.3, 0.4) is 0 Å². The lowest BCUT2D eigenvalue weighted by Crippen LogP contribution is -2.47. The largest absolute Gasteiger partial charge is 0.465 e. The highest BCUT2D eigenvalue weighted by atomic mass is 35.6. The summed E-state index contributed by atoms with van der Waals surface area (Å²) >= 11 is 31.2. The van der Waals surface area contributed by atoms with Crippen molar-refractivity contribution in [3.8, 4) is 0 Å². The highest BCUT2D eigenvalue weighted by Gasteiger charge is 2.46. The van der Waals surface area contributed by atoms with Crippen molar-refractivity contribution in [2.45, 2.75) is 7.83 Å². The number of carbonyl (C=O) groups is 1. The number of alkyl halides is 6. The summed E-state index contributed by atoms with van der Waals surface area (Å²) in [6.07, 6.45) is -1.66. The van der Waals surface area contributed by atoms with Crippen molar-refractivity contribution in [2.75, 3.05) is 0 Å². The van der Waals surface area contributed by atoms with Crippen LogP contribution < -0.4 is 0 Å². The number of hydrogen-bond acceptors (Lipinski definition) is 1. The van der Waals surface area contributed by atoms with E-state index in [1.807, 2.05) is 0 Å². The average Bonchev–Trinajstić information content (AvgIpc) is 1.49. The van der Waals surface area contributed by atoms with Gasteiger partial charge in [-0.25, -0.2) is 9.69 Å². The standard InChI is InChI=1S/C3HCl6NO2/c4-2(5,6)10(1(11)12)3(7,8)9/h(H,11,12). The minimum atomic E-state index is -2.32. The van der Waals surface area contributed by atoms with Crippen molar-refractivity contribution < 1.29 is 9.90 Å². The van der Waals surface area contributed by atoms with Crippen molar-refractivity contribution >= 4 is 75.7 Å². The van der Waals surface area contributed by atoms with Crippen molar-refractivity contribution in [3.05, 3.63) is 0 Å². The van der Waals surface area contributed by atoms with E-state index >= 15 is 0 Å². The van der Waals surface area contributed by atoms with Gasteiger partial charge in [-0.1, -0.05) is 69.6 Å². The Balaban J connectivity index is 4.82. The maximum absolute atomic E-state index is 10.4. The second-order valence-corrected chi connectivity index (χ2v) is 6.00. The molecule has 9 heteroatoms. The first-order valence-corrected chi connectivity index (χ1v) is 4.50. The molecule has 0 rings (SSSR count). The first-order chi connectivity index (χ1) is 5.07. The molecule has 0 unspecified atom stereocenters. The van der Waals surface area contributed by atoms with Gasteiger partial charge in [0.15, 0.2) is 0 Å². The van der Waals surface area contributed by atoms with Gasteiger partial charge < -0.3 is 5.11 Å². The van der Waals surface area contributed by atoms with Gasteiger partial charge in [-0.2, -0.15) is 0 Å². The monoisotopic (exact) mass is 293 g/mol. The van der Waals surface area contributed by atoms with Crippen molar-refractivity contribution in [1.82, 2.24) is 4.90 Å². The quantitative estimate of drug-likeness (QED) is 0.548. The van der Waals surface area contributed by atoms with Crippen molar-refractivity contribution in [2.24, 2.45) is 0 Å². The zero-order chi connectivity index (χ0) is 10.2. The Labute approximate surface area is 98.0 Å². The number of nitrogens with zero attached hydrogens (tertiary/aromatic N) is 1. The van der Waals surface area contributed by atoms with Crippen LogP contribution in [0.5, 0.6) is 0 Å². The van der Waals surface area contributed by atoms with Gasteiger partial charge in [-0.15, -0.1) is 0 Å². The highest BCUT2D eigenvalue weighted by Crippen LogP contribution is 2.42. The fraction of sp³-hybridized carbons (Fsp3) is 0.667. The van der Waals surface area contributed by atoms with E-state index in [0.717, 1.165) is 0 Å². The molecule has 0 saturated heterocycles. The lowest BCUT2D eigenvalue weighted by atomic mass is 10.9. The molecule has 0 fully saturated rings. The second-order valence-electron chi connectivity index (χ2n) is 1.55. The first-order valence-electron chi connectivity index (χ1n) is 2.23. The zero-order valence-corrected chi connectivity index (χ0v) is 9.61. The predicted octanol–water partition coefficient (Wildman–Crippen LogP) is 3.62. The lowest BCUT2D eigenvalue weighted by molar-refractivity contribution is 0.143. The van der Waals surface area contributed by atoms with Gasteiger partial charge in [0.05, 0.1) is 0 Å². The van der Waals surface area contributed by atoms with Gasteiger partial charge in [0, 0.05) is 0 Å². The van der Waals surface area contributed by atoms with Gasteiger partial charge in [0.2, 0.25) is 0 Å². The number of carboxylic acid groups (broad SMARTS) is 1. The smallest absolute Gasteiger partial charge is 0.414 e. The van der Waals surface area contributed by atoms with E-state index in [-0.39, 0.29) is 4.90 Å². The van der Waals surface area contributed by atoms with Gasteiger partial charge in [0.25, 0.3) is 7.83 Å². The lowest BCUT2D eigenvalue weighted by Gasteiger charge is -2.31. The minimum Gasteiger partial charge on any atom is -0.465 e. The molecule has 0 aromatic heterocycles. The molecule has 0 aliphatic heterocycles. The van der Waals surface area contributed by atoms with E-state index < -0.39 is 13.9 Å². The molecule has 0 heterocycles. The highest BCUT2D eigenvalue weighted by molar-refractivity contribution is 6.72. The molecular formula is C3HCl6NO2. The molecule has 3 nitrogen and oxygen atoms in total. The summed E-state index contributed by atoms with van der Waals surface area (Å²) < 4.78 is -4.64. The summed E-state index contributed by atoms with van der Waals surface area (Å²) in [5.74, 6) is 0. The summed E-state index contributed by atoms with van der Waals surface area (Å²) in [7, 11) is 0. The molecule has 0 saturated carbocycles. The third-order valence-corrected chi connectivity index (χ3v) is 1.71. The van der Waals surface area contributed by atoms with Crippen LogP contribution in [0.2, 0.25) is 0 Å².